The van der Waals surface area contributed by atoms with Crippen molar-refractivity contribution in [2.45, 2.75) is 19.4 Å². The molecular weight excluding hydrogens is 320 g/mol. The molecule has 132 valence electrons. The molecule has 2 heterocycles. The lowest BCUT2D eigenvalue weighted by atomic mass is 10.2. The normalized spacial score (nSPS) is 13.3. The number of hydrogen-bond acceptors (Lipinski definition) is 4. The van der Waals surface area contributed by atoms with Crippen LogP contribution in [-0.2, 0) is 6.42 Å². The van der Waals surface area contributed by atoms with Gasteiger partial charge in [-0.15, -0.1) is 11.3 Å². The van der Waals surface area contributed by atoms with E-state index in [1.807, 2.05) is 12.1 Å². The Balaban J connectivity index is 2.00. The Morgan fingerprint density at radius 2 is 2.12 bits per heavy atom. The van der Waals surface area contributed by atoms with E-state index in [4.69, 9.17) is 9.41 Å². The summed E-state index contributed by atoms with van der Waals surface area (Å²) < 4.78 is 5.56. The minimum absolute atomic E-state index is 0.138. The summed E-state index contributed by atoms with van der Waals surface area (Å²) in [6, 6.07) is 8.35. The Bertz CT molecular complexity index is 593. The summed E-state index contributed by atoms with van der Waals surface area (Å²) in [4.78, 5) is 10.6. The molecule has 2 aromatic heterocycles. The lowest BCUT2D eigenvalue weighted by Crippen LogP contribution is -2.40. The Kier molecular flexibility index (Phi) is 7.34. The number of thiophene rings is 1. The Labute approximate surface area is 149 Å². The van der Waals surface area contributed by atoms with Gasteiger partial charge in [-0.3, -0.25) is 9.89 Å². The van der Waals surface area contributed by atoms with Crippen LogP contribution in [0.25, 0.3) is 0 Å². The molecule has 0 aliphatic carbocycles. The van der Waals surface area contributed by atoms with Crippen molar-refractivity contribution in [3.8, 4) is 0 Å². The number of hydrogen-bond donors (Lipinski definition) is 1. The molecule has 0 spiro atoms. The SMILES string of the molecule is CCNC(=NCC(c1ccco1)N(C)C)N(C)CCc1cccs1. The van der Waals surface area contributed by atoms with E-state index >= 15 is 0 Å². The molecule has 0 aliphatic rings. The van der Waals surface area contributed by atoms with Gasteiger partial charge in [-0.05, 0) is 51.0 Å². The number of likely N-dealkylation sites (N-methyl/N-ethyl adjacent to an activating group) is 2. The molecular formula is C18H28N4OS. The number of nitrogens with zero attached hydrogens (tertiary/aromatic N) is 3. The van der Waals surface area contributed by atoms with Crippen molar-refractivity contribution in [3.05, 3.63) is 46.5 Å². The van der Waals surface area contributed by atoms with Crippen molar-refractivity contribution in [1.82, 2.24) is 15.1 Å². The molecule has 0 saturated heterocycles. The van der Waals surface area contributed by atoms with Gasteiger partial charge in [-0.25, -0.2) is 0 Å². The van der Waals surface area contributed by atoms with Gasteiger partial charge in [0.2, 0.25) is 0 Å². The molecule has 2 aromatic rings. The fraction of sp³-hybridized carbons (Fsp3) is 0.500. The van der Waals surface area contributed by atoms with Crippen molar-refractivity contribution in [2.24, 2.45) is 4.99 Å². The number of aliphatic imine (C=N–C) groups is 1. The van der Waals surface area contributed by atoms with E-state index in [9.17, 15) is 0 Å². The quantitative estimate of drug-likeness (QED) is 0.588. The molecule has 0 aliphatic heterocycles. The topological polar surface area (TPSA) is 44.0 Å². The second-order valence-corrected chi connectivity index (χ2v) is 6.97. The van der Waals surface area contributed by atoms with Crippen LogP contribution in [0.2, 0.25) is 0 Å². The van der Waals surface area contributed by atoms with Gasteiger partial charge in [-0.1, -0.05) is 6.07 Å². The van der Waals surface area contributed by atoms with Crippen LogP contribution >= 0.6 is 11.3 Å². The Morgan fingerprint density at radius 1 is 1.29 bits per heavy atom. The summed E-state index contributed by atoms with van der Waals surface area (Å²) in [6.45, 7) is 4.56. The molecule has 0 fully saturated rings. The smallest absolute Gasteiger partial charge is 0.193 e. The second kappa shape index (κ2) is 9.49. The molecule has 1 unspecified atom stereocenters. The molecule has 24 heavy (non-hydrogen) atoms. The van der Waals surface area contributed by atoms with E-state index in [1.165, 1.54) is 4.88 Å². The van der Waals surface area contributed by atoms with Gasteiger partial charge >= 0.3 is 0 Å². The van der Waals surface area contributed by atoms with Gasteiger partial charge in [0.1, 0.15) is 5.76 Å². The van der Waals surface area contributed by atoms with Crippen LogP contribution < -0.4 is 5.32 Å². The molecule has 6 heteroatoms. The molecule has 0 bridgehead atoms. The van der Waals surface area contributed by atoms with Crippen LogP contribution in [0.15, 0.2) is 45.3 Å². The van der Waals surface area contributed by atoms with E-state index < -0.39 is 0 Å². The average molecular weight is 349 g/mol. The molecule has 0 aromatic carbocycles. The average Bonchev–Trinajstić information content (AvgIpc) is 3.25. The summed E-state index contributed by atoms with van der Waals surface area (Å²) in [7, 11) is 6.19. The maximum absolute atomic E-state index is 5.56. The van der Waals surface area contributed by atoms with Crippen LogP contribution in [-0.4, -0.2) is 56.5 Å². The summed E-state index contributed by atoms with van der Waals surface area (Å²) in [5.74, 6) is 1.88. The first-order valence-corrected chi connectivity index (χ1v) is 9.21. The highest BCUT2D eigenvalue weighted by molar-refractivity contribution is 7.09. The number of guanidine groups is 1. The highest BCUT2D eigenvalue weighted by atomic mass is 32.1. The molecule has 0 amide bonds. The van der Waals surface area contributed by atoms with Crippen molar-refractivity contribution in [1.29, 1.82) is 0 Å². The number of nitrogens with one attached hydrogen (secondary N) is 1. The van der Waals surface area contributed by atoms with Crippen molar-refractivity contribution < 1.29 is 4.42 Å². The first-order valence-electron chi connectivity index (χ1n) is 8.33. The maximum atomic E-state index is 5.56. The zero-order valence-corrected chi connectivity index (χ0v) is 15.8. The Hall–Kier alpha value is -1.79. The van der Waals surface area contributed by atoms with Crippen LogP contribution in [0, 0.1) is 0 Å². The number of furan rings is 1. The van der Waals surface area contributed by atoms with Crippen LogP contribution in [0.5, 0.6) is 0 Å². The van der Waals surface area contributed by atoms with E-state index in [0.29, 0.717) is 6.54 Å². The zero-order valence-electron chi connectivity index (χ0n) is 15.0. The molecule has 1 N–H and O–H groups in total. The van der Waals surface area contributed by atoms with Crippen LogP contribution in [0.3, 0.4) is 0 Å². The minimum Gasteiger partial charge on any atom is -0.468 e. The molecule has 0 radical (unpaired) electrons. The second-order valence-electron chi connectivity index (χ2n) is 5.94. The third kappa shape index (κ3) is 5.39. The molecule has 2 rings (SSSR count). The van der Waals surface area contributed by atoms with Crippen molar-refractivity contribution >= 4 is 17.3 Å². The summed E-state index contributed by atoms with van der Waals surface area (Å²) >= 11 is 1.80. The van der Waals surface area contributed by atoms with Gasteiger partial charge in [-0.2, -0.15) is 0 Å². The maximum Gasteiger partial charge on any atom is 0.193 e. The monoisotopic (exact) mass is 348 g/mol. The van der Waals surface area contributed by atoms with Crippen molar-refractivity contribution in [2.75, 3.05) is 40.8 Å². The third-order valence-electron chi connectivity index (χ3n) is 3.88. The van der Waals surface area contributed by atoms with Crippen molar-refractivity contribution in [3.63, 3.8) is 0 Å². The van der Waals surface area contributed by atoms with Gasteiger partial charge < -0.3 is 14.6 Å². The van der Waals surface area contributed by atoms with E-state index in [-0.39, 0.29) is 6.04 Å². The lowest BCUT2D eigenvalue weighted by molar-refractivity contribution is 0.264. The lowest BCUT2D eigenvalue weighted by Gasteiger charge is -2.24. The first kappa shape index (κ1) is 18.5. The van der Waals surface area contributed by atoms with E-state index in [2.05, 4.69) is 60.7 Å². The van der Waals surface area contributed by atoms with Gasteiger partial charge in [0.05, 0.1) is 18.8 Å². The summed E-state index contributed by atoms with van der Waals surface area (Å²) in [5, 5.41) is 5.51. The van der Waals surface area contributed by atoms with Crippen LogP contribution in [0.4, 0.5) is 0 Å². The highest BCUT2D eigenvalue weighted by Crippen LogP contribution is 2.19. The highest BCUT2D eigenvalue weighted by Gasteiger charge is 2.17. The van der Waals surface area contributed by atoms with Gasteiger partial charge in [0.25, 0.3) is 0 Å². The largest absolute Gasteiger partial charge is 0.468 e. The van der Waals surface area contributed by atoms with Crippen LogP contribution in [0.1, 0.15) is 23.6 Å². The predicted octanol–water partition coefficient (Wildman–Crippen LogP) is 3.08. The Morgan fingerprint density at radius 3 is 2.71 bits per heavy atom. The third-order valence-corrected chi connectivity index (χ3v) is 4.82. The van der Waals surface area contributed by atoms with Gasteiger partial charge in [0.15, 0.2) is 5.96 Å². The molecule has 0 saturated carbocycles. The summed E-state index contributed by atoms with van der Waals surface area (Å²) in [6.07, 6.45) is 2.75. The fourth-order valence-corrected chi connectivity index (χ4v) is 3.17. The molecule has 5 nitrogen and oxygen atoms in total. The summed E-state index contributed by atoms with van der Waals surface area (Å²) in [5.41, 5.74) is 0. The zero-order chi connectivity index (χ0) is 17.4. The standard InChI is InChI=1S/C18H28N4OS/c1-5-19-18(22(4)11-10-15-8-7-13-24-15)20-14-16(21(2)3)17-9-6-12-23-17/h6-9,12-13,16H,5,10-11,14H2,1-4H3,(H,19,20). The van der Waals surface area contributed by atoms with E-state index in [1.54, 1.807) is 17.6 Å². The minimum atomic E-state index is 0.138. The van der Waals surface area contributed by atoms with E-state index in [0.717, 1.165) is 31.2 Å². The fourth-order valence-electron chi connectivity index (χ4n) is 2.47. The molecule has 1 atom stereocenters. The number of rotatable bonds is 8. The van der Waals surface area contributed by atoms with Gasteiger partial charge in [0, 0.05) is 25.0 Å². The first-order chi connectivity index (χ1) is 11.6. The predicted molar refractivity (Wildman–Crippen MR) is 102 cm³/mol.